The predicted molar refractivity (Wildman–Crippen MR) is 58.6 cm³/mol. The van der Waals surface area contributed by atoms with Crippen LogP contribution in [0.4, 0.5) is 0 Å². The van der Waals surface area contributed by atoms with Crippen molar-refractivity contribution in [2.75, 3.05) is 0 Å². The highest BCUT2D eigenvalue weighted by Gasteiger charge is 1.98. The van der Waals surface area contributed by atoms with Crippen LogP contribution in [0.5, 0.6) is 0 Å². The van der Waals surface area contributed by atoms with Gasteiger partial charge < -0.3 is 5.11 Å². The van der Waals surface area contributed by atoms with Crippen LogP contribution >= 0.6 is 0 Å². The lowest BCUT2D eigenvalue weighted by molar-refractivity contribution is 0.164. The molecule has 0 aliphatic carbocycles. The second-order valence-electron chi connectivity index (χ2n) is 3.08. The maximum Gasteiger partial charge on any atom is 0.0574 e. The zero-order chi connectivity index (χ0) is 9.94. The normalized spacial score (nSPS) is 14.0. The summed E-state index contributed by atoms with van der Waals surface area (Å²) in [7, 11) is 0. The molecule has 0 aromatic carbocycles. The van der Waals surface area contributed by atoms with E-state index in [-0.39, 0.29) is 6.10 Å². The molecule has 1 heteroatoms. The first kappa shape index (κ1) is 12.2. The number of unbranched alkanes of at least 4 members (excludes halogenated alkanes) is 1. The maximum atomic E-state index is 9.44. The molecule has 1 atom stereocenters. The Kier molecular flexibility index (Phi) is 8.68. The number of rotatable bonds is 7. The molecular formula is C12H20O. The summed E-state index contributed by atoms with van der Waals surface area (Å²) >= 11 is 0. The number of hydrogen-bond donors (Lipinski definition) is 1. The Balaban J connectivity index is 3.44. The van der Waals surface area contributed by atoms with Gasteiger partial charge in [-0.2, -0.15) is 0 Å². The molecule has 0 aliphatic rings. The van der Waals surface area contributed by atoms with Crippen LogP contribution in [0.2, 0.25) is 0 Å². The van der Waals surface area contributed by atoms with Gasteiger partial charge in [-0.1, -0.05) is 56.7 Å². The molecule has 0 radical (unpaired) electrons. The van der Waals surface area contributed by atoms with Crippen molar-refractivity contribution in [2.45, 2.75) is 38.7 Å². The molecule has 13 heavy (non-hydrogen) atoms. The smallest absolute Gasteiger partial charge is 0.0574 e. The largest absolute Gasteiger partial charge is 0.393 e. The molecule has 0 aromatic heterocycles. The van der Waals surface area contributed by atoms with Gasteiger partial charge in [0.1, 0.15) is 0 Å². The van der Waals surface area contributed by atoms with Gasteiger partial charge in [-0.15, -0.1) is 0 Å². The molecule has 0 fully saturated rings. The van der Waals surface area contributed by atoms with Crippen LogP contribution in [0.15, 0.2) is 37.0 Å². The molecule has 74 valence electrons. The van der Waals surface area contributed by atoms with E-state index < -0.39 is 0 Å². The molecule has 0 rings (SSSR count). The minimum atomic E-state index is -0.173. The average molecular weight is 180 g/mol. The molecule has 1 unspecified atom stereocenters. The summed E-state index contributed by atoms with van der Waals surface area (Å²) in [5, 5.41) is 9.44. The van der Waals surface area contributed by atoms with Gasteiger partial charge in [0.05, 0.1) is 6.10 Å². The molecule has 0 amide bonds. The van der Waals surface area contributed by atoms with E-state index in [4.69, 9.17) is 0 Å². The first-order chi connectivity index (χ1) is 6.31. The van der Waals surface area contributed by atoms with Gasteiger partial charge in [-0.05, 0) is 12.8 Å². The topological polar surface area (TPSA) is 20.2 Å². The van der Waals surface area contributed by atoms with Gasteiger partial charge >= 0.3 is 0 Å². The molecule has 0 saturated heterocycles. The lowest BCUT2D eigenvalue weighted by atomic mass is 10.1. The molecule has 0 bridgehead atoms. The van der Waals surface area contributed by atoms with Crippen molar-refractivity contribution < 1.29 is 5.11 Å². The molecule has 0 spiro atoms. The lowest BCUT2D eigenvalue weighted by Gasteiger charge is -2.05. The second-order valence-corrected chi connectivity index (χ2v) is 3.08. The molecular weight excluding hydrogens is 160 g/mol. The van der Waals surface area contributed by atoms with E-state index in [1.165, 1.54) is 0 Å². The van der Waals surface area contributed by atoms with Gasteiger partial charge in [0, 0.05) is 0 Å². The third kappa shape index (κ3) is 9.09. The third-order valence-corrected chi connectivity index (χ3v) is 1.79. The quantitative estimate of drug-likeness (QED) is 0.596. The summed E-state index contributed by atoms with van der Waals surface area (Å²) in [6.07, 6.45) is 13.2. The SMILES string of the molecule is C=C/C=C\C=C\CC(O)CCCC. The molecule has 1 nitrogen and oxygen atoms in total. The monoisotopic (exact) mass is 180 g/mol. The van der Waals surface area contributed by atoms with Crippen molar-refractivity contribution in [3.05, 3.63) is 37.0 Å². The predicted octanol–water partition coefficient (Wildman–Crippen LogP) is 3.23. The standard InChI is InChI=1S/C12H20O/c1-3-5-7-8-9-11-12(13)10-6-4-2/h3,5,7-9,12-13H,1,4,6,10-11H2,2H3/b7-5-,9-8+. The number of aliphatic hydroxyl groups is 1. The zero-order valence-electron chi connectivity index (χ0n) is 8.45. The van der Waals surface area contributed by atoms with Crippen LogP contribution in [0.25, 0.3) is 0 Å². The van der Waals surface area contributed by atoms with Crippen LogP contribution in [-0.2, 0) is 0 Å². The Morgan fingerprint density at radius 3 is 2.69 bits per heavy atom. The summed E-state index contributed by atoms with van der Waals surface area (Å²) in [5.41, 5.74) is 0. The summed E-state index contributed by atoms with van der Waals surface area (Å²) in [6.45, 7) is 5.70. The van der Waals surface area contributed by atoms with Gasteiger partial charge in [0.2, 0.25) is 0 Å². The van der Waals surface area contributed by atoms with Crippen LogP contribution in [-0.4, -0.2) is 11.2 Å². The number of allylic oxidation sites excluding steroid dienone is 4. The summed E-state index contributed by atoms with van der Waals surface area (Å²) < 4.78 is 0. The number of aliphatic hydroxyl groups excluding tert-OH is 1. The van der Waals surface area contributed by atoms with Gasteiger partial charge in [0.25, 0.3) is 0 Å². The van der Waals surface area contributed by atoms with Gasteiger partial charge in [-0.3, -0.25) is 0 Å². The highest BCUT2D eigenvalue weighted by molar-refractivity contribution is 5.08. The fraction of sp³-hybridized carbons (Fsp3) is 0.500. The molecule has 0 aliphatic heterocycles. The maximum absolute atomic E-state index is 9.44. The van der Waals surface area contributed by atoms with Crippen LogP contribution in [0.1, 0.15) is 32.6 Å². The lowest BCUT2D eigenvalue weighted by Crippen LogP contribution is -2.03. The van der Waals surface area contributed by atoms with E-state index in [2.05, 4.69) is 13.5 Å². The van der Waals surface area contributed by atoms with E-state index in [0.29, 0.717) is 0 Å². The third-order valence-electron chi connectivity index (χ3n) is 1.79. The van der Waals surface area contributed by atoms with Crippen molar-refractivity contribution in [1.82, 2.24) is 0 Å². The minimum Gasteiger partial charge on any atom is -0.393 e. The van der Waals surface area contributed by atoms with E-state index in [0.717, 1.165) is 25.7 Å². The summed E-state index contributed by atoms with van der Waals surface area (Å²) in [5.74, 6) is 0. The summed E-state index contributed by atoms with van der Waals surface area (Å²) in [4.78, 5) is 0. The van der Waals surface area contributed by atoms with E-state index in [1.807, 2.05) is 24.3 Å². The van der Waals surface area contributed by atoms with Crippen molar-refractivity contribution in [3.63, 3.8) is 0 Å². The van der Waals surface area contributed by atoms with Crippen molar-refractivity contribution >= 4 is 0 Å². The van der Waals surface area contributed by atoms with Crippen LogP contribution in [0, 0.1) is 0 Å². The highest BCUT2D eigenvalue weighted by Crippen LogP contribution is 2.04. The summed E-state index contributed by atoms with van der Waals surface area (Å²) in [6, 6.07) is 0. The Morgan fingerprint density at radius 2 is 2.08 bits per heavy atom. The number of hydrogen-bond acceptors (Lipinski definition) is 1. The van der Waals surface area contributed by atoms with E-state index in [9.17, 15) is 5.11 Å². The van der Waals surface area contributed by atoms with E-state index in [1.54, 1.807) is 6.08 Å². The Morgan fingerprint density at radius 1 is 1.31 bits per heavy atom. The second kappa shape index (κ2) is 9.27. The van der Waals surface area contributed by atoms with Crippen LogP contribution in [0.3, 0.4) is 0 Å². The molecule has 0 heterocycles. The van der Waals surface area contributed by atoms with Gasteiger partial charge in [-0.25, -0.2) is 0 Å². The first-order valence-corrected chi connectivity index (χ1v) is 4.93. The molecule has 0 aromatic rings. The Labute approximate surface area is 81.5 Å². The fourth-order valence-electron chi connectivity index (χ4n) is 1.01. The highest BCUT2D eigenvalue weighted by atomic mass is 16.3. The van der Waals surface area contributed by atoms with Crippen molar-refractivity contribution in [2.24, 2.45) is 0 Å². The average Bonchev–Trinajstić information content (AvgIpc) is 2.14. The van der Waals surface area contributed by atoms with Crippen molar-refractivity contribution in [3.8, 4) is 0 Å². The zero-order valence-corrected chi connectivity index (χ0v) is 8.45. The van der Waals surface area contributed by atoms with E-state index >= 15 is 0 Å². The Bertz CT molecular complexity index is 168. The van der Waals surface area contributed by atoms with Crippen molar-refractivity contribution in [1.29, 1.82) is 0 Å². The van der Waals surface area contributed by atoms with Gasteiger partial charge in [0.15, 0.2) is 0 Å². The van der Waals surface area contributed by atoms with Crippen LogP contribution < -0.4 is 0 Å². The molecule has 0 saturated carbocycles. The molecule has 1 N–H and O–H groups in total. The minimum absolute atomic E-state index is 0.173. The first-order valence-electron chi connectivity index (χ1n) is 4.93. The Hall–Kier alpha value is -0.820. The fourth-order valence-corrected chi connectivity index (χ4v) is 1.01.